The molecule has 0 heterocycles. The van der Waals surface area contributed by atoms with E-state index in [1.165, 1.54) is 12.2 Å². The topological polar surface area (TPSA) is 74.6 Å². The minimum absolute atomic E-state index is 1.01. The van der Waals surface area contributed by atoms with Gasteiger partial charge in [-0.15, -0.1) is 11.8 Å². The molecule has 0 aromatic carbocycles. The van der Waals surface area contributed by atoms with Crippen molar-refractivity contribution in [1.29, 1.82) is 0 Å². The first-order valence-corrected chi connectivity index (χ1v) is 5.14. The maximum absolute atomic E-state index is 11.1. The van der Waals surface area contributed by atoms with Crippen molar-refractivity contribution in [2.45, 2.75) is 4.75 Å². The molecular weight excluding hydrogens is 204 g/mol. The molecule has 1 aliphatic rings. The quantitative estimate of drug-likeness (QED) is 0.733. The summed E-state index contributed by atoms with van der Waals surface area (Å²) in [5.41, 5.74) is 0. The average Bonchev–Trinajstić information content (AvgIpc) is 2.17. The molecule has 0 amide bonds. The van der Waals surface area contributed by atoms with Gasteiger partial charge in [0.05, 0.1) is 0 Å². The van der Waals surface area contributed by atoms with E-state index in [-0.39, 0.29) is 0 Å². The molecule has 1 aliphatic carbocycles. The number of carboxylic acid groups (broad SMARTS) is 2. The van der Waals surface area contributed by atoms with Gasteiger partial charge in [-0.1, -0.05) is 24.3 Å². The molecule has 0 radical (unpaired) electrons. The van der Waals surface area contributed by atoms with Crippen molar-refractivity contribution in [2.24, 2.45) is 5.92 Å². The zero-order valence-corrected chi connectivity index (χ0v) is 8.32. The van der Waals surface area contributed by atoms with Crippen LogP contribution in [0.15, 0.2) is 24.3 Å². The Morgan fingerprint density at radius 2 is 2.00 bits per heavy atom. The molecule has 0 fully saturated rings. The SMILES string of the molecule is CSC1(C(=O)O)C=CC=CC1C(=O)O. The number of allylic oxidation sites excluding steroid dienone is 2. The summed E-state index contributed by atoms with van der Waals surface area (Å²) in [5, 5.41) is 17.9. The Labute approximate surface area is 85.3 Å². The number of aliphatic carboxylic acids is 2. The van der Waals surface area contributed by atoms with E-state index in [4.69, 9.17) is 10.2 Å². The standard InChI is InChI=1S/C9H10O4S/c1-14-9(8(12)13)5-3-2-4-6(9)7(10)11/h2-6H,1H3,(H,10,11)(H,12,13). The highest BCUT2D eigenvalue weighted by atomic mass is 32.2. The molecule has 2 atom stereocenters. The van der Waals surface area contributed by atoms with Gasteiger partial charge in [0.15, 0.2) is 0 Å². The van der Waals surface area contributed by atoms with Gasteiger partial charge in [-0.3, -0.25) is 9.59 Å². The summed E-state index contributed by atoms with van der Waals surface area (Å²) in [5.74, 6) is -3.26. The Hall–Kier alpha value is -1.23. The maximum Gasteiger partial charge on any atom is 0.324 e. The van der Waals surface area contributed by atoms with Crippen LogP contribution >= 0.6 is 11.8 Å². The van der Waals surface area contributed by atoms with Crippen LogP contribution < -0.4 is 0 Å². The van der Waals surface area contributed by atoms with Crippen LogP contribution in [0.5, 0.6) is 0 Å². The van der Waals surface area contributed by atoms with E-state index < -0.39 is 22.6 Å². The minimum Gasteiger partial charge on any atom is -0.481 e. The summed E-state index contributed by atoms with van der Waals surface area (Å²) in [4.78, 5) is 21.9. The van der Waals surface area contributed by atoms with Crippen LogP contribution in [-0.2, 0) is 9.59 Å². The number of hydrogen-bond acceptors (Lipinski definition) is 3. The van der Waals surface area contributed by atoms with Crippen LogP contribution in [0.25, 0.3) is 0 Å². The van der Waals surface area contributed by atoms with Crippen molar-refractivity contribution in [3.05, 3.63) is 24.3 Å². The number of rotatable bonds is 3. The molecule has 0 spiro atoms. The van der Waals surface area contributed by atoms with E-state index in [0.717, 1.165) is 11.8 Å². The Bertz CT molecular complexity index is 321. The molecule has 14 heavy (non-hydrogen) atoms. The van der Waals surface area contributed by atoms with E-state index >= 15 is 0 Å². The summed E-state index contributed by atoms with van der Waals surface area (Å²) >= 11 is 1.02. The molecule has 0 aromatic rings. The van der Waals surface area contributed by atoms with Crippen LogP contribution in [0, 0.1) is 5.92 Å². The van der Waals surface area contributed by atoms with E-state index in [2.05, 4.69) is 0 Å². The lowest BCUT2D eigenvalue weighted by Crippen LogP contribution is -2.44. The van der Waals surface area contributed by atoms with Crippen molar-refractivity contribution in [3.63, 3.8) is 0 Å². The van der Waals surface area contributed by atoms with E-state index in [1.54, 1.807) is 18.4 Å². The van der Waals surface area contributed by atoms with Crippen molar-refractivity contribution >= 4 is 23.7 Å². The predicted octanol–water partition coefficient (Wildman–Crippen LogP) is 1.000. The molecule has 0 saturated heterocycles. The Morgan fingerprint density at radius 1 is 1.36 bits per heavy atom. The fourth-order valence-corrected chi connectivity index (χ4v) is 2.20. The van der Waals surface area contributed by atoms with Crippen molar-refractivity contribution in [1.82, 2.24) is 0 Å². The van der Waals surface area contributed by atoms with Crippen molar-refractivity contribution in [3.8, 4) is 0 Å². The average molecular weight is 214 g/mol. The fraction of sp³-hybridized carbons (Fsp3) is 0.333. The third-order valence-corrected chi connectivity index (χ3v) is 3.40. The molecule has 5 heteroatoms. The van der Waals surface area contributed by atoms with Crippen molar-refractivity contribution < 1.29 is 19.8 Å². The van der Waals surface area contributed by atoms with Gasteiger partial charge < -0.3 is 10.2 Å². The van der Waals surface area contributed by atoms with Crippen LogP contribution in [-0.4, -0.2) is 33.2 Å². The maximum atomic E-state index is 11.1. The zero-order chi connectivity index (χ0) is 10.8. The largest absolute Gasteiger partial charge is 0.481 e. The lowest BCUT2D eigenvalue weighted by atomic mass is 9.87. The molecule has 2 unspecified atom stereocenters. The predicted molar refractivity (Wildman–Crippen MR) is 53.3 cm³/mol. The molecule has 0 aliphatic heterocycles. The van der Waals surface area contributed by atoms with E-state index in [9.17, 15) is 9.59 Å². The van der Waals surface area contributed by atoms with Crippen LogP contribution in [0.3, 0.4) is 0 Å². The first-order valence-electron chi connectivity index (χ1n) is 3.92. The second kappa shape index (κ2) is 3.88. The first kappa shape index (κ1) is 10.8. The highest BCUT2D eigenvalue weighted by Crippen LogP contribution is 2.36. The minimum atomic E-state index is -1.37. The molecule has 0 bridgehead atoms. The summed E-state index contributed by atoms with van der Waals surface area (Å²) < 4.78 is -1.37. The van der Waals surface area contributed by atoms with Gasteiger partial charge in [0.1, 0.15) is 10.7 Å². The Balaban J connectivity index is 3.15. The van der Waals surface area contributed by atoms with E-state index in [1.807, 2.05) is 0 Å². The smallest absolute Gasteiger partial charge is 0.324 e. The third kappa shape index (κ3) is 1.55. The second-order valence-corrected chi connectivity index (χ2v) is 3.95. The number of carboxylic acids is 2. The highest BCUT2D eigenvalue weighted by Gasteiger charge is 2.47. The van der Waals surface area contributed by atoms with Gasteiger partial charge in [0.25, 0.3) is 0 Å². The lowest BCUT2D eigenvalue weighted by molar-refractivity contribution is -0.148. The summed E-state index contributed by atoms with van der Waals surface area (Å²) in [7, 11) is 0. The van der Waals surface area contributed by atoms with Gasteiger partial charge in [-0.25, -0.2) is 0 Å². The second-order valence-electron chi connectivity index (χ2n) is 2.86. The van der Waals surface area contributed by atoms with Crippen molar-refractivity contribution in [2.75, 3.05) is 6.26 Å². The molecule has 0 saturated carbocycles. The third-order valence-electron chi connectivity index (χ3n) is 2.16. The molecule has 76 valence electrons. The molecule has 0 aromatic heterocycles. The van der Waals surface area contributed by atoms with Gasteiger partial charge in [0.2, 0.25) is 0 Å². The Kier molecular flexibility index (Phi) is 3.00. The molecule has 1 rings (SSSR count). The number of hydrogen-bond donors (Lipinski definition) is 2. The fourth-order valence-electron chi connectivity index (χ4n) is 1.37. The molecule has 2 N–H and O–H groups in total. The van der Waals surface area contributed by atoms with Crippen LogP contribution in [0.1, 0.15) is 0 Å². The van der Waals surface area contributed by atoms with Gasteiger partial charge >= 0.3 is 11.9 Å². The zero-order valence-electron chi connectivity index (χ0n) is 7.51. The first-order chi connectivity index (χ1) is 6.54. The van der Waals surface area contributed by atoms with Gasteiger partial charge in [-0.05, 0) is 6.26 Å². The summed E-state index contributed by atoms with van der Waals surface area (Å²) in [6.45, 7) is 0. The van der Waals surface area contributed by atoms with Crippen LogP contribution in [0.4, 0.5) is 0 Å². The summed E-state index contributed by atoms with van der Waals surface area (Å²) in [6.07, 6.45) is 7.51. The highest BCUT2D eigenvalue weighted by molar-refractivity contribution is 8.01. The summed E-state index contributed by atoms with van der Waals surface area (Å²) in [6, 6.07) is 0. The number of carbonyl (C=O) groups is 2. The normalized spacial score (nSPS) is 30.2. The molecular formula is C9H10O4S. The van der Waals surface area contributed by atoms with Gasteiger partial charge in [0, 0.05) is 0 Å². The molecule has 4 nitrogen and oxygen atoms in total. The lowest BCUT2D eigenvalue weighted by Gasteiger charge is -2.29. The van der Waals surface area contributed by atoms with E-state index in [0.29, 0.717) is 0 Å². The number of thioether (sulfide) groups is 1. The monoisotopic (exact) mass is 214 g/mol. The van der Waals surface area contributed by atoms with Gasteiger partial charge in [-0.2, -0.15) is 0 Å². The van der Waals surface area contributed by atoms with Crippen LogP contribution in [0.2, 0.25) is 0 Å². The Morgan fingerprint density at radius 3 is 2.36 bits per heavy atom.